The fourth-order valence-electron chi connectivity index (χ4n) is 11.2. The number of aromatic nitrogens is 3. The second-order valence-electron chi connectivity index (χ2n) is 25.2. The first-order chi connectivity index (χ1) is 44.7. The Morgan fingerprint density at radius 2 is 1.04 bits per heavy atom. The second-order valence-corrected chi connectivity index (χ2v) is 29.6. The molecule has 0 aliphatic carbocycles. The average Bonchev–Trinajstić information content (AvgIpc) is 1.63. The van der Waals surface area contributed by atoms with Crippen LogP contribution < -0.4 is 46.0 Å². The molecule has 6 saturated heterocycles. The molecule has 520 valence electrons. The van der Waals surface area contributed by atoms with Gasteiger partial charge in [-0.25, -0.2) is 41.4 Å². The summed E-state index contributed by atoms with van der Waals surface area (Å²) in [6.45, 7) is 24.3. The SMILES string of the molecule is CC[C@@H]1CCN(C(=O)Nc2ccc(C)c(-c3cc(NS(C)(=O)=O)nc(N4CCOCC4)c3)c2)C1.CS(=O)(=O)Nc1cc(Cl)cc(N2CCOCC2)n1.Cc1ccc(NC(=O)N2CC[C@@H](CC(F)(F)F)C2)cc1B1OC(C)(C)C(C)(C)O1.Nc1cc(Cl)cc(N2CCOCC2)n1. The Hall–Kier alpha value is -6.64. The molecule has 9 heterocycles. The molecule has 0 bridgehead atoms. The van der Waals surface area contributed by atoms with Crippen LogP contribution >= 0.6 is 23.2 Å². The number of sulfonamides is 2. The molecule has 0 radical (unpaired) electrons. The van der Waals surface area contributed by atoms with Crippen LogP contribution in [0.25, 0.3) is 11.1 Å². The molecular weight excluding hydrogens is 1320 g/mol. The van der Waals surface area contributed by atoms with Gasteiger partial charge >= 0.3 is 25.4 Å². The van der Waals surface area contributed by atoms with Crippen LogP contribution in [0, 0.1) is 25.7 Å². The van der Waals surface area contributed by atoms with E-state index in [1.165, 1.54) is 11.0 Å². The van der Waals surface area contributed by atoms with Crippen LogP contribution in [-0.2, 0) is 43.6 Å². The van der Waals surface area contributed by atoms with Gasteiger partial charge in [-0.2, -0.15) is 13.2 Å². The van der Waals surface area contributed by atoms with Gasteiger partial charge in [-0.3, -0.25) is 9.44 Å². The molecule has 0 unspecified atom stereocenters. The van der Waals surface area contributed by atoms with Crippen molar-refractivity contribution in [3.63, 3.8) is 0 Å². The molecule has 32 heteroatoms. The summed E-state index contributed by atoms with van der Waals surface area (Å²) in [4.78, 5) is 47.8. The van der Waals surface area contributed by atoms with E-state index in [0.717, 1.165) is 98.3 Å². The molecule has 3 aromatic heterocycles. The van der Waals surface area contributed by atoms with Gasteiger partial charge in [-0.15, -0.1) is 0 Å². The minimum Gasteiger partial charge on any atom is -0.399 e. The Morgan fingerprint density at radius 1 is 0.611 bits per heavy atom. The smallest absolute Gasteiger partial charge is 0.399 e. The number of rotatable bonds is 13. The molecule has 6 N–H and O–H groups in total. The van der Waals surface area contributed by atoms with Crippen LogP contribution in [-0.4, -0.2) is 196 Å². The highest BCUT2D eigenvalue weighted by molar-refractivity contribution is 7.92. The van der Waals surface area contributed by atoms with Crippen molar-refractivity contribution in [2.24, 2.45) is 11.8 Å². The molecule has 0 spiro atoms. The second kappa shape index (κ2) is 32.2. The van der Waals surface area contributed by atoms with Crippen molar-refractivity contribution < 1.29 is 63.1 Å². The van der Waals surface area contributed by atoms with Crippen LogP contribution in [0.2, 0.25) is 10.0 Å². The first-order valence-electron chi connectivity index (χ1n) is 31.5. The van der Waals surface area contributed by atoms with Gasteiger partial charge < -0.3 is 64.4 Å². The zero-order valence-electron chi connectivity index (χ0n) is 55.2. The van der Waals surface area contributed by atoms with Crippen molar-refractivity contribution in [1.29, 1.82) is 0 Å². The van der Waals surface area contributed by atoms with Crippen molar-refractivity contribution in [1.82, 2.24) is 24.8 Å². The number of morpholine rings is 3. The van der Waals surface area contributed by atoms with Crippen LogP contribution in [0.4, 0.5) is 69.0 Å². The number of nitrogens with two attached hydrogens (primary N) is 1. The van der Waals surface area contributed by atoms with Gasteiger partial charge in [-0.05, 0) is 143 Å². The number of anilines is 8. The summed E-state index contributed by atoms with van der Waals surface area (Å²) in [5.74, 6) is 3.14. The zero-order chi connectivity index (χ0) is 69.0. The minimum atomic E-state index is -4.20. The number of hydrogen-bond donors (Lipinski definition) is 5. The van der Waals surface area contributed by atoms with Crippen LogP contribution in [0.15, 0.2) is 72.8 Å². The quantitative estimate of drug-likeness (QED) is 0.0686. The topological polar surface area (TPSA) is 278 Å². The third kappa shape index (κ3) is 22.2. The van der Waals surface area contributed by atoms with Crippen molar-refractivity contribution >= 4 is 114 Å². The average molecular weight is 1410 g/mol. The molecule has 24 nitrogen and oxygen atoms in total. The molecule has 4 amide bonds. The van der Waals surface area contributed by atoms with Crippen molar-refractivity contribution in [2.45, 2.75) is 91.5 Å². The monoisotopic (exact) mass is 1400 g/mol. The molecule has 6 fully saturated rings. The minimum absolute atomic E-state index is 0.0890. The van der Waals surface area contributed by atoms with Gasteiger partial charge in [0, 0.05) is 99.4 Å². The normalized spacial score (nSPS) is 19.6. The zero-order valence-corrected chi connectivity index (χ0v) is 58.3. The van der Waals surface area contributed by atoms with Gasteiger partial charge in [0.1, 0.15) is 34.9 Å². The van der Waals surface area contributed by atoms with E-state index in [9.17, 15) is 39.6 Å². The van der Waals surface area contributed by atoms with Crippen LogP contribution in [0.3, 0.4) is 0 Å². The molecule has 2 atom stereocenters. The maximum Gasteiger partial charge on any atom is 0.495 e. The maximum atomic E-state index is 12.8. The number of urea groups is 2. The Labute approximate surface area is 565 Å². The summed E-state index contributed by atoms with van der Waals surface area (Å²) in [5.41, 5.74) is 10.4. The third-order valence-electron chi connectivity index (χ3n) is 17.1. The predicted octanol–water partition coefficient (Wildman–Crippen LogP) is 9.73. The standard InChI is InChI=1S/C24H33N5O4S.C20H28BF3N2O3.C10H14ClN3O3S.C9H12ClN3O/c1-4-18-7-8-29(16-18)24(30)25-20-6-5-17(2)21(15-20)19-13-22(27-34(3,31)32)26-23(14-19)28-9-11-33-12-10-28;1-13-6-7-15(10-16(13)21-28-18(2,3)19(4,5)29-21)25-17(27)26-9-8-14(12-26)11-20(22,23)24;1-18(15,16)13-9-6-8(11)7-10(12-9)14-2-4-17-5-3-14;10-7-5-8(11)12-9(6-7)13-1-3-14-4-2-13/h5-6,13-15,18H,4,7-12,16H2,1-3H3,(H,25,30)(H,26,27);6-7,10,14H,8-9,11-12H2,1-5H3,(H,25,27);6-7H,2-5H2,1H3,(H,12,13);5-6H,1-4H2,(H2,11,12)/t18-;14-;;/m10../s1. The van der Waals surface area contributed by atoms with Crippen molar-refractivity contribution in [3.8, 4) is 11.1 Å². The third-order valence-corrected chi connectivity index (χ3v) is 18.6. The predicted molar refractivity (Wildman–Crippen MR) is 369 cm³/mol. The Bertz CT molecular complexity index is 3670. The molecule has 6 aliphatic heterocycles. The number of carbonyl (C=O) groups excluding carboxylic acids is 2. The summed E-state index contributed by atoms with van der Waals surface area (Å²) in [6.07, 6.45) is -0.391. The van der Waals surface area contributed by atoms with Gasteiger partial charge in [-0.1, -0.05) is 54.2 Å². The number of ether oxygens (including phenoxy) is 3. The maximum absolute atomic E-state index is 12.8. The van der Waals surface area contributed by atoms with E-state index in [2.05, 4.69) is 51.8 Å². The first-order valence-corrected chi connectivity index (χ1v) is 36.0. The molecule has 6 aliphatic rings. The first kappa shape index (κ1) is 74.2. The van der Waals surface area contributed by atoms with Gasteiger partial charge in [0.05, 0.1) is 63.4 Å². The highest BCUT2D eigenvalue weighted by Gasteiger charge is 2.52. The van der Waals surface area contributed by atoms with E-state index in [1.807, 2.05) is 87.7 Å². The summed E-state index contributed by atoms with van der Waals surface area (Å²) in [7, 11) is -7.40. The summed E-state index contributed by atoms with van der Waals surface area (Å²) < 4.78 is 117. The molecule has 2 aromatic carbocycles. The number of likely N-dealkylation sites (tertiary alicyclic amines) is 2. The molecular formula is C63H87BCl2F3N13O11S2. The van der Waals surface area contributed by atoms with E-state index in [-0.39, 0.29) is 24.2 Å². The lowest BCUT2D eigenvalue weighted by atomic mass is 9.76. The fraction of sp³-hybridized carbons (Fsp3) is 0.540. The number of aryl methyl sites for hydroxylation is 2. The number of nitrogens with zero attached hydrogens (tertiary/aromatic N) is 8. The van der Waals surface area contributed by atoms with E-state index in [4.69, 9.17) is 52.5 Å². The van der Waals surface area contributed by atoms with Gasteiger partial charge in [0.2, 0.25) is 20.0 Å². The highest BCUT2D eigenvalue weighted by Crippen LogP contribution is 2.38. The van der Waals surface area contributed by atoms with E-state index in [0.29, 0.717) is 110 Å². The Morgan fingerprint density at radius 3 is 1.51 bits per heavy atom. The number of pyridine rings is 3. The van der Waals surface area contributed by atoms with E-state index >= 15 is 0 Å². The van der Waals surface area contributed by atoms with Crippen LogP contribution in [0.5, 0.6) is 0 Å². The molecule has 5 aromatic rings. The number of carbonyl (C=O) groups is 2. The van der Waals surface area contributed by atoms with Gasteiger partial charge in [0.15, 0.2) is 0 Å². The van der Waals surface area contributed by atoms with Crippen molar-refractivity contribution in [2.75, 3.05) is 158 Å². The summed E-state index contributed by atoms with van der Waals surface area (Å²) in [6, 6.07) is 21.1. The summed E-state index contributed by atoms with van der Waals surface area (Å²) in [5, 5.41) is 6.89. The number of amides is 4. The fourth-order valence-corrected chi connectivity index (χ4v) is 12.6. The van der Waals surface area contributed by atoms with Gasteiger partial charge in [0.25, 0.3) is 0 Å². The van der Waals surface area contributed by atoms with E-state index < -0.39 is 62.9 Å². The molecule has 0 saturated carbocycles. The lowest BCUT2D eigenvalue weighted by Gasteiger charge is -2.32. The molecule has 95 heavy (non-hydrogen) atoms. The highest BCUT2D eigenvalue weighted by atomic mass is 35.5. The number of halogens is 5. The number of hydrogen-bond acceptors (Lipinski definition) is 18. The van der Waals surface area contributed by atoms with Crippen molar-refractivity contribution in [3.05, 3.63) is 94.0 Å². The lowest BCUT2D eigenvalue weighted by molar-refractivity contribution is -0.143. The number of nitrogens with one attached hydrogen (secondary N) is 4. The summed E-state index contributed by atoms with van der Waals surface area (Å²) >= 11 is 11.9. The molecule has 11 rings (SSSR count). The number of alkyl halides is 3. The Kier molecular flexibility index (Phi) is 25.1. The number of benzene rings is 2. The number of nitrogen functional groups attached to an aromatic ring is 1. The van der Waals surface area contributed by atoms with Crippen LogP contribution in [0.1, 0.15) is 71.4 Å². The lowest BCUT2D eigenvalue weighted by Crippen LogP contribution is -2.41. The van der Waals surface area contributed by atoms with E-state index in [1.54, 1.807) is 30.3 Å². The Balaban J connectivity index is 0.000000171. The largest absolute Gasteiger partial charge is 0.495 e.